The molecular weight excluding hydrogens is 633 g/mol. The number of thiophene rings is 1. The van der Waals surface area contributed by atoms with Gasteiger partial charge in [0.1, 0.15) is 25.7 Å². The molecule has 0 radical (unpaired) electrons. The first-order valence-corrected chi connectivity index (χ1v) is 17.9. The van der Waals surface area contributed by atoms with Crippen molar-refractivity contribution >= 4 is 45.2 Å². The smallest absolute Gasteiger partial charge is 0.393 e. The topological polar surface area (TPSA) is 114 Å². The normalized spacial score (nSPS) is 18.3. The zero-order chi connectivity index (χ0) is 32.8. The number of rotatable bonds is 12. The number of ether oxygens (including phenoxy) is 1. The highest BCUT2D eigenvalue weighted by Gasteiger charge is 2.33. The Hall–Kier alpha value is -2.85. The molecule has 2 aromatic carbocycles. The summed E-state index contributed by atoms with van der Waals surface area (Å²) in [6, 6.07) is 9.42. The number of nitrogens with zero attached hydrogens (tertiary/aromatic N) is 1. The molecule has 0 aliphatic carbocycles. The van der Waals surface area contributed by atoms with Crippen LogP contribution in [0.5, 0.6) is 5.75 Å². The van der Waals surface area contributed by atoms with E-state index in [4.69, 9.17) is 9.84 Å². The quantitative estimate of drug-likeness (QED) is 0.110. The number of aliphatic hydroxyl groups is 3. The van der Waals surface area contributed by atoms with Crippen molar-refractivity contribution in [2.75, 3.05) is 70.0 Å². The maximum Gasteiger partial charge on any atom is 0.393 e. The van der Waals surface area contributed by atoms with Gasteiger partial charge in [-0.1, -0.05) is 24.0 Å². The zero-order valence-electron chi connectivity index (χ0n) is 25.0. The monoisotopic (exact) mass is 671 g/mol. The van der Waals surface area contributed by atoms with Crippen molar-refractivity contribution in [2.24, 2.45) is 0 Å². The van der Waals surface area contributed by atoms with Crippen molar-refractivity contribution in [3.63, 3.8) is 0 Å². The molecular formula is C31H38F4N3O5PS. The van der Waals surface area contributed by atoms with E-state index >= 15 is 4.39 Å². The van der Waals surface area contributed by atoms with Gasteiger partial charge in [0.05, 0.1) is 59.3 Å². The molecule has 5 N–H and O–H groups in total. The SMILES string of the molecule is CP(C)(=O)c1ccc(NCC#Cc2sc3c(NC4CCN(CC(O)CO)CC4F)cccc3c2CC(F)(F)F)c(OCCO)c1. The van der Waals surface area contributed by atoms with E-state index in [0.717, 1.165) is 11.3 Å². The summed E-state index contributed by atoms with van der Waals surface area (Å²) in [5, 5.41) is 35.2. The molecule has 1 aliphatic rings. The minimum Gasteiger partial charge on any atom is -0.489 e. The largest absolute Gasteiger partial charge is 0.489 e. The highest BCUT2D eigenvalue weighted by Crippen LogP contribution is 2.40. The van der Waals surface area contributed by atoms with E-state index in [2.05, 4.69) is 22.5 Å². The molecule has 1 aromatic heterocycles. The van der Waals surface area contributed by atoms with Crippen molar-refractivity contribution in [3.8, 4) is 17.6 Å². The second kappa shape index (κ2) is 15.2. The molecule has 0 saturated carbocycles. The Morgan fingerprint density at radius 3 is 2.64 bits per heavy atom. The maximum atomic E-state index is 15.1. The zero-order valence-corrected chi connectivity index (χ0v) is 26.7. The standard InChI is InChI=1S/C31H38F4N3O5PS/c1-44(2,42)21-8-9-26(28(15-21)43-14-13-39)36-11-4-7-29-23(16-31(33,34)35)22-5-3-6-27(30(22)45-29)37-25-10-12-38(18-24(25)32)17-20(41)19-40/h3,5-6,8-9,15,20,24-25,36-37,39-41H,10-14,16-19H2,1-2H3. The number of fused-ring (bicyclic) bond motifs is 1. The highest BCUT2D eigenvalue weighted by molar-refractivity contribution is 7.70. The molecule has 3 atom stereocenters. The number of benzene rings is 2. The first-order valence-electron chi connectivity index (χ1n) is 14.5. The Bertz CT molecular complexity index is 1570. The van der Waals surface area contributed by atoms with E-state index in [9.17, 15) is 27.9 Å². The number of alkyl halides is 4. The molecule has 2 heterocycles. The van der Waals surface area contributed by atoms with Gasteiger partial charge < -0.3 is 35.3 Å². The summed E-state index contributed by atoms with van der Waals surface area (Å²) in [6.07, 6.45) is -7.47. The van der Waals surface area contributed by atoms with Crippen LogP contribution in [0.3, 0.4) is 0 Å². The fourth-order valence-electron chi connectivity index (χ4n) is 5.14. The predicted molar refractivity (Wildman–Crippen MR) is 172 cm³/mol. The van der Waals surface area contributed by atoms with Crippen LogP contribution in [0.25, 0.3) is 10.1 Å². The second-order valence-corrected chi connectivity index (χ2v) is 15.5. The van der Waals surface area contributed by atoms with E-state index < -0.39 is 44.7 Å². The van der Waals surface area contributed by atoms with E-state index in [-0.39, 0.29) is 43.3 Å². The summed E-state index contributed by atoms with van der Waals surface area (Å²) in [6.45, 7) is 3.44. The molecule has 1 aliphatic heterocycles. The van der Waals surface area contributed by atoms with Crippen molar-refractivity contribution in [3.05, 3.63) is 46.8 Å². The lowest BCUT2D eigenvalue weighted by Gasteiger charge is -2.36. The fourth-order valence-corrected chi connectivity index (χ4v) is 7.18. The maximum absolute atomic E-state index is 15.1. The lowest BCUT2D eigenvalue weighted by atomic mass is 10.0. The molecule has 4 rings (SSSR count). The number of aliphatic hydroxyl groups excluding tert-OH is 3. The molecule has 0 amide bonds. The van der Waals surface area contributed by atoms with Crippen LogP contribution >= 0.6 is 18.5 Å². The van der Waals surface area contributed by atoms with Gasteiger partial charge in [-0.15, -0.1) is 11.3 Å². The van der Waals surface area contributed by atoms with Gasteiger partial charge >= 0.3 is 6.18 Å². The number of nitrogens with one attached hydrogen (secondary N) is 2. The number of piperidine rings is 1. The van der Waals surface area contributed by atoms with Crippen molar-refractivity contribution < 1.29 is 42.2 Å². The summed E-state index contributed by atoms with van der Waals surface area (Å²) < 4.78 is 74.8. The second-order valence-electron chi connectivity index (χ2n) is 11.3. The van der Waals surface area contributed by atoms with Crippen molar-refractivity contribution in [2.45, 2.75) is 37.3 Å². The van der Waals surface area contributed by atoms with Crippen LogP contribution < -0.4 is 20.7 Å². The third-order valence-electron chi connectivity index (χ3n) is 7.35. The van der Waals surface area contributed by atoms with Gasteiger partial charge in [-0.3, -0.25) is 4.90 Å². The number of hydrogen-bond acceptors (Lipinski definition) is 9. The predicted octanol–water partition coefficient (Wildman–Crippen LogP) is 4.27. The summed E-state index contributed by atoms with van der Waals surface area (Å²) >= 11 is 1.12. The van der Waals surface area contributed by atoms with Gasteiger partial charge in [0.2, 0.25) is 0 Å². The molecule has 3 aromatic rings. The van der Waals surface area contributed by atoms with E-state index in [1.165, 1.54) is 0 Å². The van der Waals surface area contributed by atoms with Gasteiger partial charge in [0.25, 0.3) is 0 Å². The van der Waals surface area contributed by atoms with Crippen LogP contribution in [0.2, 0.25) is 0 Å². The first-order chi connectivity index (χ1) is 21.3. The summed E-state index contributed by atoms with van der Waals surface area (Å²) in [4.78, 5) is 1.99. The first kappa shape index (κ1) is 35.0. The van der Waals surface area contributed by atoms with Crippen LogP contribution in [0.1, 0.15) is 16.9 Å². The Morgan fingerprint density at radius 1 is 1.20 bits per heavy atom. The molecule has 14 heteroatoms. The summed E-state index contributed by atoms with van der Waals surface area (Å²) in [5.74, 6) is 6.17. The summed E-state index contributed by atoms with van der Waals surface area (Å²) in [5.41, 5.74) is 1.12. The highest BCUT2D eigenvalue weighted by atomic mass is 32.1. The number of β-amino-alcohol motifs (C(OH)–C–C–N with tert-alkyl or cyclic N) is 1. The van der Waals surface area contributed by atoms with Gasteiger partial charge in [-0.25, -0.2) is 4.39 Å². The van der Waals surface area contributed by atoms with Gasteiger partial charge in [0, 0.05) is 24.9 Å². The Balaban J connectivity index is 1.56. The minimum atomic E-state index is -4.47. The van der Waals surface area contributed by atoms with Crippen LogP contribution in [-0.4, -0.2) is 104 Å². The third-order valence-corrected chi connectivity index (χ3v) is 10.1. The lowest BCUT2D eigenvalue weighted by Crippen LogP contribution is -2.50. The number of likely N-dealkylation sites (tertiary alicyclic amines) is 1. The summed E-state index contributed by atoms with van der Waals surface area (Å²) in [7, 11) is -2.57. The third kappa shape index (κ3) is 9.58. The Labute approximate surface area is 263 Å². The van der Waals surface area contributed by atoms with Crippen LogP contribution in [0, 0.1) is 11.8 Å². The molecule has 0 spiro atoms. The van der Waals surface area contributed by atoms with Gasteiger partial charge in [-0.2, -0.15) is 13.2 Å². The van der Waals surface area contributed by atoms with Crippen LogP contribution in [0.4, 0.5) is 28.9 Å². The number of halogens is 4. The van der Waals surface area contributed by atoms with Crippen LogP contribution in [-0.2, 0) is 11.0 Å². The molecule has 0 bridgehead atoms. The Morgan fingerprint density at radius 2 is 1.98 bits per heavy atom. The molecule has 1 saturated heterocycles. The minimum absolute atomic E-state index is 0.0234. The van der Waals surface area contributed by atoms with Crippen LogP contribution in [0.15, 0.2) is 36.4 Å². The Kier molecular flexibility index (Phi) is 11.8. The average molecular weight is 672 g/mol. The number of hydrogen-bond donors (Lipinski definition) is 5. The number of anilines is 2. The van der Waals surface area contributed by atoms with Gasteiger partial charge in [0.15, 0.2) is 0 Å². The fraction of sp³-hybridized carbons (Fsp3) is 0.484. The molecule has 1 fully saturated rings. The lowest BCUT2D eigenvalue weighted by molar-refractivity contribution is -0.126. The molecule has 45 heavy (non-hydrogen) atoms. The van der Waals surface area contributed by atoms with Gasteiger partial charge in [-0.05, 0) is 55.0 Å². The molecule has 246 valence electrons. The average Bonchev–Trinajstić information content (AvgIpc) is 3.31. The van der Waals surface area contributed by atoms with E-state index in [0.29, 0.717) is 45.5 Å². The molecule has 3 unspecified atom stereocenters. The van der Waals surface area contributed by atoms with E-state index in [1.807, 2.05) is 0 Å². The van der Waals surface area contributed by atoms with Crippen molar-refractivity contribution in [1.82, 2.24) is 4.90 Å². The van der Waals surface area contributed by atoms with E-state index in [1.54, 1.807) is 54.6 Å². The van der Waals surface area contributed by atoms with Crippen molar-refractivity contribution in [1.29, 1.82) is 0 Å². The molecule has 8 nitrogen and oxygen atoms in total.